The fraction of sp³-hybridized carbons (Fsp3) is 0.400. The molecular weight excluding hydrogens is 406 g/mol. The van der Waals surface area contributed by atoms with Crippen LogP contribution in [-0.2, 0) is 9.53 Å². The molecule has 10 heteroatoms. The molecule has 0 bridgehead atoms. The first-order chi connectivity index (χ1) is 14.4. The topological polar surface area (TPSA) is 130 Å². The Hall–Kier alpha value is -2.98. The van der Waals surface area contributed by atoms with Crippen molar-refractivity contribution >= 4 is 34.4 Å². The number of amidine groups is 1. The second-order valence-electron chi connectivity index (χ2n) is 6.90. The maximum Gasteiger partial charge on any atom is 0.435 e. The quantitative estimate of drug-likeness (QED) is 0.450. The van der Waals surface area contributed by atoms with E-state index in [1.807, 2.05) is 22.4 Å². The molecule has 4 N–H and O–H groups in total. The second kappa shape index (κ2) is 10.2. The van der Waals surface area contributed by atoms with E-state index in [9.17, 15) is 9.59 Å². The summed E-state index contributed by atoms with van der Waals surface area (Å²) in [5, 5.41) is 15.2. The van der Waals surface area contributed by atoms with Crippen LogP contribution in [0.4, 0.5) is 9.93 Å². The minimum Gasteiger partial charge on any atom is -0.480 e. The van der Waals surface area contributed by atoms with E-state index in [0.717, 1.165) is 42.3 Å². The number of thiazole rings is 1. The van der Waals surface area contributed by atoms with Crippen molar-refractivity contribution in [2.75, 3.05) is 31.6 Å². The number of amides is 1. The summed E-state index contributed by atoms with van der Waals surface area (Å²) in [5.41, 5.74) is 8.26. The number of benzene rings is 1. The second-order valence-corrected chi connectivity index (χ2v) is 7.76. The van der Waals surface area contributed by atoms with Crippen LogP contribution in [0.3, 0.4) is 0 Å². The number of anilines is 1. The maximum absolute atomic E-state index is 11.4. The number of carboxylic acids is 1. The van der Waals surface area contributed by atoms with Crippen molar-refractivity contribution in [3.05, 3.63) is 35.2 Å². The van der Waals surface area contributed by atoms with E-state index in [0.29, 0.717) is 5.56 Å². The number of piperidine rings is 1. The summed E-state index contributed by atoms with van der Waals surface area (Å²) in [5.74, 6) is -0.680. The van der Waals surface area contributed by atoms with Crippen LogP contribution in [0.25, 0.3) is 11.3 Å². The van der Waals surface area contributed by atoms with Crippen LogP contribution in [0.1, 0.15) is 25.3 Å². The standard InChI is InChI=1S/C20H25N5O4S/c1-2-29-20(28)24-18(21)14-5-3-13(4-6-14)16-12-30-19(23-16)22-15-7-9-25(10-8-15)11-17(26)27/h3-6,12,15H,2,7-11H2,1H3,(H,22,23)(H,26,27)(H2,21,24,28). The van der Waals surface area contributed by atoms with Crippen molar-refractivity contribution in [1.82, 2.24) is 9.88 Å². The zero-order valence-electron chi connectivity index (χ0n) is 16.7. The predicted octanol–water partition coefficient (Wildman–Crippen LogP) is 2.63. The molecular formula is C20H25N5O4S. The number of carbonyl (C=O) groups is 2. The van der Waals surface area contributed by atoms with Gasteiger partial charge in [-0.05, 0) is 19.8 Å². The van der Waals surface area contributed by atoms with Gasteiger partial charge in [0.05, 0.1) is 18.8 Å². The van der Waals surface area contributed by atoms with E-state index >= 15 is 0 Å². The first-order valence-electron chi connectivity index (χ1n) is 9.72. The molecule has 1 amide bonds. The normalized spacial score (nSPS) is 15.7. The molecule has 1 aromatic heterocycles. The van der Waals surface area contributed by atoms with Gasteiger partial charge in [-0.25, -0.2) is 9.78 Å². The van der Waals surface area contributed by atoms with Crippen LogP contribution in [0.2, 0.25) is 0 Å². The van der Waals surface area contributed by atoms with Gasteiger partial charge in [0, 0.05) is 35.6 Å². The van der Waals surface area contributed by atoms with Gasteiger partial charge < -0.3 is 20.9 Å². The van der Waals surface area contributed by atoms with Crippen LogP contribution in [0, 0.1) is 0 Å². The molecule has 1 fully saturated rings. The minimum atomic E-state index is -0.786. The number of nitrogens with zero attached hydrogens (tertiary/aromatic N) is 3. The third-order valence-corrected chi connectivity index (χ3v) is 5.51. The molecule has 9 nitrogen and oxygen atoms in total. The lowest BCUT2D eigenvalue weighted by atomic mass is 10.1. The van der Waals surface area contributed by atoms with Crippen LogP contribution in [-0.4, -0.2) is 65.2 Å². The van der Waals surface area contributed by atoms with Gasteiger partial charge in [0.25, 0.3) is 0 Å². The van der Waals surface area contributed by atoms with Gasteiger partial charge in [0.1, 0.15) is 5.84 Å². The number of hydrogen-bond acceptors (Lipinski definition) is 7. The van der Waals surface area contributed by atoms with Gasteiger partial charge >= 0.3 is 12.1 Å². The molecule has 0 radical (unpaired) electrons. The molecule has 30 heavy (non-hydrogen) atoms. The number of nitrogens with two attached hydrogens (primary N) is 1. The van der Waals surface area contributed by atoms with E-state index in [1.54, 1.807) is 19.1 Å². The number of aliphatic imine (C=N–C) groups is 1. The minimum absolute atomic E-state index is 0.0964. The Kier molecular flexibility index (Phi) is 7.36. The Balaban J connectivity index is 1.57. The predicted molar refractivity (Wildman–Crippen MR) is 116 cm³/mol. The lowest BCUT2D eigenvalue weighted by Crippen LogP contribution is -2.41. The highest BCUT2D eigenvalue weighted by molar-refractivity contribution is 7.14. The van der Waals surface area contributed by atoms with Crippen LogP contribution >= 0.6 is 11.3 Å². The lowest BCUT2D eigenvalue weighted by Gasteiger charge is -2.31. The number of hydrogen-bond donors (Lipinski definition) is 3. The summed E-state index contributed by atoms with van der Waals surface area (Å²) in [4.78, 5) is 32.5. The maximum atomic E-state index is 11.4. The summed E-state index contributed by atoms with van der Waals surface area (Å²) in [6, 6.07) is 7.63. The van der Waals surface area contributed by atoms with Gasteiger partial charge in [0.15, 0.2) is 5.13 Å². The summed E-state index contributed by atoms with van der Waals surface area (Å²) in [6.07, 6.45) is 1.06. The molecule has 0 spiro atoms. The average Bonchev–Trinajstić information content (AvgIpc) is 3.18. The molecule has 160 valence electrons. The van der Waals surface area contributed by atoms with Gasteiger partial charge in [0.2, 0.25) is 0 Å². The molecule has 3 rings (SSSR count). The van der Waals surface area contributed by atoms with Gasteiger partial charge in [-0.15, -0.1) is 11.3 Å². The number of ether oxygens (including phenoxy) is 1. The monoisotopic (exact) mass is 431 g/mol. The molecule has 0 aliphatic carbocycles. The highest BCUT2D eigenvalue weighted by Crippen LogP contribution is 2.27. The van der Waals surface area contributed by atoms with Crippen LogP contribution < -0.4 is 11.1 Å². The summed E-state index contributed by atoms with van der Waals surface area (Å²) < 4.78 is 4.76. The molecule has 1 aliphatic rings. The Bertz CT molecular complexity index is 904. The summed E-state index contributed by atoms with van der Waals surface area (Å²) in [6.45, 7) is 3.57. The molecule has 0 atom stereocenters. The van der Waals surface area contributed by atoms with Crippen LogP contribution in [0.15, 0.2) is 34.6 Å². The van der Waals surface area contributed by atoms with E-state index in [4.69, 9.17) is 15.6 Å². The van der Waals surface area contributed by atoms with Crippen LogP contribution in [0.5, 0.6) is 0 Å². The SMILES string of the molecule is CCOC(=O)/N=C(\N)c1ccc(-c2csc(NC3CCN(CC(=O)O)CC3)n2)cc1. The number of carboxylic acid groups (broad SMARTS) is 1. The van der Waals surface area contributed by atoms with Crippen molar-refractivity contribution in [2.24, 2.45) is 10.7 Å². The number of nitrogens with one attached hydrogen (secondary N) is 1. The fourth-order valence-electron chi connectivity index (χ4n) is 3.20. The molecule has 2 heterocycles. The van der Waals surface area contributed by atoms with Crippen molar-refractivity contribution in [3.8, 4) is 11.3 Å². The van der Waals surface area contributed by atoms with Crippen molar-refractivity contribution < 1.29 is 19.4 Å². The van der Waals surface area contributed by atoms with Gasteiger partial charge in [-0.1, -0.05) is 24.3 Å². The highest BCUT2D eigenvalue weighted by Gasteiger charge is 2.21. The largest absolute Gasteiger partial charge is 0.480 e. The first-order valence-corrected chi connectivity index (χ1v) is 10.6. The fourth-order valence-corrected chi connectivity index (χ4v) is 4.00. The molecule has 1 saturated heterocycles. The molecule has 1 aromatic carbocycles. The van der Waals surface area contributed by atoms with E-state index in [2.05, 4.69) is 15.3 Å². The van der Waals surface area contributed by atoms with Gasteiger partial charge in [-0.3, -0.25) is 9.69 Å². The van der Waals surface area contributed by atoms with Crippen molar-refractivity contribution in [2.45, 2.75) is 25.8 Å². The molecule has 1 aliphatic heterocycles. The lowest BCUT2D eigenvalue weighted by molar-refractivity contribution is -0.138. The molecule has 0 unspecified atom stereocenters. The highest BCUT2D eigenvalue weighted by atomic mass is 32.1. The number of aliphatic carboxylic acids is 1. The van der Waals surface area contributed by atoms with E-state index < -0.39 is 12.1 Å². The van der Waals surface area contributed by atoms with Crippen molar-refractivity contribution in [3.63, 3.8) is 0 Å². The number of likely N-dealkylation sites (tertiary alicyclic amines) is 1. The van der Waals surface area contributed by atoms with E-state index in [-0.39, 0.29) is 25.0 Å². The zero-order valence-corrected chi connectivity index (χ0v) is 17.5. The smallest absolute Gasteiger partial charge is 0.435 e. The molecule has 0 saturated carbocycles. The zero-order chi connectivity index (χ0) is 21.5. The summed E-state index contributed by atoms with van der Waals surface area (Å²) >= 11 is 1.53. The Labute approximate surface area is 178 Å². The van der Waals surface area contributed by atoms with Crippen molar-refractivity contribution in [1.29, 1.82) is 0 Å². The molecule has 2 aromatic rings. The third-order valence-electron chi connectivity index (χ3n) is 4.73. The Morgan fingerprint density at radius 3 is 2.67 bits per heavy atom. The number of rotatable bonds is 7. The number of aromatic nitrogens is 1. The average molecular weight is 432 g/mol. The van der Waals surface area contributed by atoms with E-state index in [1.165, 1.54) is 11.3 Å². The first kappa shape index (κ1) is 21.7. The third kappa shape index (κ3) is 6.01. The Morgan fingerprint density at radius 1 is 1.33 bits per heavy atom. The van der Waals surface area contributed by atoms with Gasteiger partial charge in [-0.2, -0.15) is 4.99 Å². The Morgan fingerprint density at radius 2 is 2.03 bits per heavy atom. The summed E-state index contributed by atoms with van der Waals surface area (Å²) in [7, 11) is 0. The number of carbonyl (C=O) groups excluding carboxylic acids is 1.